The number of nitrogens with one attached hydrogen (secondary N) is 2. The van der Waals surface area contributed by atoms with Crippen molar-refractivity contribution in [2.75, 3.05) is 19.8 Å². The molecule has 21 heavy (non-hydrogen) atoms. The largest absolute Gasteiger partial charge is 0.477 e. The van der Waals surface area contributed by atoms with Gasteiger partial charge in [-0.1, -0.05) is 6.07 Å². The number of aromatic nitrogens is 1. The fourth-order valence-corrected chi connectivity index (χ4v) is 1.31. The van der Waals surface area contributed by atoms with Gasteiger partial charge < -0.3 is 26.2 Å². The number of pyridine rings is 1. The Morgan fingerprint density at radius 3 is 2.62 bits per heavy atom. The van der Waals surface area contributed by atoms with Crippen LogP contribution in [0.2, 0.25) is 0 Å². The van der Waals surface area contributed by atoms with E-state index in [2.05, 4.69) is 15.6 Å². The molecule has 0 fully saturated rings. The van der Waals surface area contributed by atoms with Crippen molar-refractivity contribution in [2.45, 2.75) is 6.54 Å². The Labute approximate surface area is 120 Å². The van der Waals surface area contributed by atoms with Crippen LogP contribution < -0.4 is 16.4 Å². The number of nitrogens with zero attached hydrogens (tertiary/aromatic N) is 1. The zero-order valence-corrected chi connectivity index (χ0v) is 11.2. The summed E-state index contributed by atoms with van der Waals surface area (Å²) in [6.45, 7) is 0.423. The monoisotopic (exact) mass is 296 g/mol. The Morgan fingerprint density at radius 1 is 1.29 bits per heavy atom. The third-order valence-corrected chi connectivity index (χ3v) is 2.27. The summed E-state index contributed by atoms with van der Waals surface area (Å²) in [5.41, 5.74) is 5.48. The van der Waals surface area contributed by atoms with Crippen LogP contribution in [0.3, 0.4) is 0 Å². The van der Waals surface area contributed by atoms with Crippen molar-refractivity contribution in [3.63, 3.8) is 0 Å². The standard InChI is InChI=1S/C12H16N4O5/c13-10(17)7-21-4-3-14-12(20)16-6-8-1-2-9(11(18)19)15-5-8/h1-2,5H,3-4,6-7H2,(H2,13,17)(H,18,19)(H2,14,16,20). The molecule has 0 saturated heterocycles. The minimum absolute atomic E-state index is 0.0604. The molecule has 0 aliphatic heterocycles. The molecule has 1 rings (SSSR count). The number of carbonyl (C=O) groups excluding carboxylic acids is 2. The summed E-state index contributed by atoms with van der Waals surface area (Å²) < 4.78 is 4.86. The molecule has 0 unspecified atom stereocenters. The van der Waals surface area contributed by atoms with E-state index in [0.29, 0.717) is 5.56 Å². The minimum atomic E-state index is -1.11. The summed E-state index contributed by atoms with van der Waals surface area (Å²) in [4.78, 5) is 36.1. The molecule has 3 amide bonds. The lowest BCUT2D eigenvalue weighted by atomic mass is 10.2. The third-order valence-electron chi connectivity index (χ3n) is 2.27. The Hall–Kier alpha value is -2.68. The molecule has 9 heteroatoms. The van der Waals surface area contributed by atoms with Gasteiger partial charge in [-0.25, -0.2) is 14.6 Å². The Morgan fingerprint density at radius 2 is 2.05 bits per heavy atom. The smallest absolute Gasteiger partial charge is 0.354 e. The number of ether oxygens (including phenoxy) is 1. The Bertz CT molecular complexity index is 503. The molecule has 1 heterocycles. The number of urea groups is 1. The second kappa shape index (κ2) is 8.48. The first-order valence-corrected chi connectivity index (χ1v) is 6.05. The van der Waals surface area contributed by atoms with Crippen LogP contribution in [0.5, 0.6) is 0 Å². The van der Waals surface area contributed by atoms with E-state index in [0.717, 1.165) is 0 Å². The molecule has 0 radical (unpaired) electrons. The number of carboxylic acids is 1. The maximum Gasteiger partial charge on any atom is 0.354 e. The number of carbonyl (C=O) groups is 3. The average molecular weight is 296 g/mol. The molecule has 0 aliphatic carbocycles. The van der Waals surface area contributed by atoms with Gasteiger partial charge >= 0.3 is 12.0 Å². The number of rotatable bonds is 8. The van der Waals surface area contributed by atoms with Crippen LogP contribution in [0.1, 0.15) is 16.1 Å². The highest BCUT2D eigenvalue weighted by Crippen LogP contribution is 1.99. The van der Waals surface area contributed by atoms with Gasteiger partial charge in [-0.15, -0.1) is 0 Å². The molecule has 1 aromatic heterocycles. The quantitative estimate of drug-likeness (QED) is 0.457. The van der Waals surface area contributed by atoms with Crippen molar-refractivity contribution in [3.8, 4) is 0 Å². The van der Waals surface area contributed by atoms with Crippen LogP contribution >= 0.6 is 0 Å². The van der Waals surface area contributed by atoms with E-state index < -0.39 is 17.9 Å². The van der Waals surface area contributed by atoms with Crippen LogP contribution in [0.15, 0.2) is 18.3 Å². The topological polar surface area (TPSA) is 144 Å². The maximum atomic E-state index is 11.4. The average Bonchev–Trinajstić information content (AvgIpc) is 2.44. The lowest BCUT2D eigenvalue weighted by molar-refractivity contribution is -0.122. The van der Waals surface area contributed by atoms with Gasteiger partial charge in [0.15, 0.2) is 0 Å². The number of carboxylic acid groups (broad SMARTS) is 1. The summed E-state index contributed by atoms with van der Waals surface area (Å²) in [5.74, 6) is -1.68. The van der Waals surface area contributed by atoms with Gasteiger partial charge in [0, 0.05) is 19.3 Å². The van der Waals surface area contributed by atoms with E-state index in [4.69, 9.17) is 15.6 Å². The Balaban J connectivity index is 2.20. The molecule has 0 bridgehead atoms. The van der Waals surface area contributed by atoms with Gasteiger partial charge in [0.25, 0.3) is 0 Å². The van der Waals surface area contributed by atoms with Crippen LogP contribution in [0, 0.1) is 0 Å². The molecule has 5 N–H and O–H groups in total. The fraction of sp³-hybridized carbons (Fsp3) is 0.333. The fourth-order valence-electron chi connectivity index (χ4n) is 1.31. The molecule has 114 valence electrons. The first kappa shape index (κ1) is 16.4. The third kappa shape index (κ3) is 6.87. The van der Waals surface area contributed by atoms with Crippen LogP contribution in [0.25, 0.3) is 0 Å². The van der Waals surface area contributed by atoms with E-state index in [9.17, 15) is 14.4 Å². The number of hydrogen-bond acceptors (Lipinski definition) is 5. The Kier molecular flexibility index (Phi) is 6.61. The normalized spacial score (nSPS) is 9.90. The number of amides is 3. The second-order valence-electron chi connectivity index (χ2n) is 3.99. The predicted octanol–water partition coefficient (Wildman–Crippen LogP) is -0.919. The molecule has 0 atom stereocenters. The number of hydrogen-bond donors (Lipinski definition) is 4. The highest BCUT2D eigenvalue weighted by molar-refractivity contribution is 5.85. The number of aromatic carboxylic acids is 1. The zero-order valence-electron chi connectivity index (χ0n) is 11.2. The summed E-state index contributed by atoms with van der Waals surface area (Å²) in [6, 6.07) is 2.50. The maximum absolute atomic E-state index is 11.4. The van der Waals surface area contributed by atoms with Crippen LogP contribution in [-0.2, 0) is 16.1 Å². The summed E-state index contributed by atoms with van der Waals surface area (Å²) in [7, 11) is 0. The summed E-state index contributed by atoms with van der Waals surface area (Å²) in [5, 5.41) is 13.8. The molecule has 0 aromatic carbocycles. The van der Waals surface area contributed by atoms with Gasteiger partial charge in [-0.2, -0.15) is 0 Å². The van der Waals surface area contributed by atoms with Gasteiger partial charge in [0.1, 0.15) is 12.3 Å². The molecule has 0 saturated carbocycles. The van der Waals surface area contributed by atoms with Crippen molar-refractivity contribution in [1.29, 1.82) is 0 Å². The molecule has 1 aromatic rings. The van der Waals surface area contributed by atoms with E-state index in [1.165, 1.54) is 12.3 Å². The first-order chi connectivity index (χ1) is 9.99. The van der Waals surface area contributed by atoms with Crippen molar-refractivity contribution in [1.82, 2.24) is 15.6 Å². The molecular formula is C12H16N4O5. The van der Waals surface area contributed by atoms with E-state index >= 15 is 0 Å². The summed E-state index contributed by atoms with van der Waals surface area (Å²) >= 11 is 0. The second-order valence-corrected chi connectivity index (χ2v) is 3.99. The molecule has 0 spiro atoms. The highest BCUT2D eigenvalue weighted by atomic mass is 16.5. The van der Waals surface area contributed by atoms with Crippen molar-refractivity contribution < 1.29 is 24.2 Å². The van der Waals surface area contributed by atoms with Gasteiger partial charge in [-0.05, 0) is 11.6 Å². The van der Waals surface area contributed by atoms with Gasteiger partial charge in [0.2, 0.25) is 5.91 Å². The number of nitrogens with two attached hydrogens (primary N) is 1. The van der Waals surface area contributed by atoms with Crippen LogP contribution in [0.4, 0.5) is 4.79 Å². The SMILES string of the molecule is NC(=O)COCCNC(=O)NCc1ccc(C(=O)O)nc1. The number of primary amides is 1. The van der Waals surface area contributed by atoms with Gasteiger partial charge in [-0.3, -0.25) is 4.79 Å². The van der Waals surface area contributed by atoms with Crippen molar-refractivity contribution in [3.05, 3.63) is 29.6 Å². The van der Waals surface area contributed by atoms with Crippen molar-refractivity contribution in [2.24, 2.45) is 5.73 Å². The van der Waals surface area contributed by atoms with Crippen molar-refractivity contribution >= 4 is 17.9 Å². The molecule has 9 nitrogen and oxygen atoms in total. The minimum Gasteiger partial charge on any atom is -0.477 e. The van der Waals surface area contributed by atoms with E-state index in [-0.39, 0.29) is 32.0 Å². The van der Waals surface area contributed by atoms with Gasteiger partial charge in [0.05, 0.1) is 6.61 Å². The zero-order chi connectivity index (χ0) is 15.7. The summed E-state index contributed by atoms with van der Waals surface area (Å²) in [6.07, 6.45) is 1.37. The highest BCUT2D eigenvalue weighted by Gasteiger charge is 2.04. The van der Waals surface area contributed by atoms with E-state index in [1.807, 2.05) is 0 Å². The van der Waals surface area contributed by atoms with Crippen LogP contribution in [-0.4, -0.2) is 47.8 Å². The van der Waals surface area contributed by atoms with E-state index in [1.54, 1.807) is 6.07 Å². The lowest BCUT2D eigenvalue weighted by Gasteiger charge is -2.07. The predicted molar refractivity (Wildman–Crippen MR) is 71.4 cm³/mol. The molecular weight excluding hydrogens is 280 g/mol. The lowest BCUT2D eigenvalue weighted by Crippen LogP contribution is -2.37. The first-order valence-electron chi connectivity index (χ1n) is 6.05. The molecule has 0 aliphatic rings.